The Kier molecular flexibility index (Phi) is 7.24. The van der Waals surface area contributed by atoms with E-state index in [2.05, 4.69) is 43.6 Å². The molecule has 0 aromatic rings. The van der Waals surface area contributed by atoms with Crippen LogP contribution in [0, 0.1) is 5.92 Å². The molecule has 14 heavy (non-hydrogen) atoms. The number of rotatable bonds is 6. The van der Waals surface area contributed by atoms with Gasteiger partial charge >= 0.3 is 0 Å². The minimum Gasteiger partial charge on any atom is -0.339 e. The molecule has 0 heterocycles. The van der Waals surface area contributed by atoms with Crippen molar-refractivity contribution in [3.63, 3.8) is 0 Å². The van der Waals surface area contributed by atoms with Gasteiger partial charge in [-0.05, 0) is 18.8 Å². The van der Waals surface area contributed by atoms with Gasteiger partial charge in [0.25, 0.3) is 0 Å². The van der Waals surface area contributed by atoms with Gasteiger partial charge in [0.2, 0.25) is 5.91 Å². The molecule has 0 atom stereocenters. The Bertz CT molecular complexity index is 167. The number of carbonyl (C=O) groups is 1. The highest BCUT2D eigenvalue weighted by Crippen LogP contribution is 2.12. The second-order valence-electron chi connectivity index (χ2n) is 4.04. The summed E-state index contributed by atoms with van der Waals surface area (Å²) in [5, 5.41) is 0.441. The molecule has 3 heteroatoms. The van der Waals surface area contributed by atoms with Crippen molar-refractivity contribution in [2.75, 3.05) is 11.9 Å². The summed E-state index contributed by atoms with van der Waals surface area (Å²) >= 11 is 3.24. The smallest absolute Gasteiger partial charge is 0.233 e. The first-order valence-electron chi connectivity index (χ1n) is 5.42. The van der Waals surface area contributed by atoms with Gasteiger partial charge in [0.05, 0.1) is 5.33 Å². The van der Waals surface area contributed by atoms with Crippen LogP contribution in [0.4, 0.5) is 0 Å². The molecule has 0 radical (unpaired) electrons. The third kappa shape index (κ3) is 4.45. The van der Waals surface area contributed by atoms with Crippen molar-refractivity contribution >= 4 is 21.8 Å². The molecule has 0 unspecified atom stereocenters. The molecular formula is C11H22BrNO. The van der Waals surface area contributed by atoms with E-state index in [-0.39, 0.29) is 5.91 Å². The lowest BCUT2D eigenvalue weighted by molar-refractivity contribution is -0.131. The zero-order chi connectivity index (χ0) is 11.1. The predicted octanol–water partition coefficient (Wildman–Crippen LogP) is 3.05. The van der Waals surface area contributed by atoms with Crippen LogP contribution in [-0.2, 0) is 4.79 Å². The Morgan fingerprint density at radius 2 is 1.79 bits per heavy atom. The quantitative estimate of drug-likeness (QED) is 0.675. The molecule has 0 bridgehead atoms. The third-order valence-corrected chi connectivity index (χ3v) is 2.86. The Morgan fingerprint density at radius 1 is 1.29 bits per heavy atom. The number of carbonyl (C=O) groups excluding carboxylic acids is 1. The van der Waals surface area contributed by atoms with Gasteiger partial charge in [0.15, 0.2) is 0 Å². The van der Waals surface area contributed by atoms with Crippen LogP contribution >= 0.6 is 15.9 Å². The summed E-state index contributed by atoms with van der Waals surface area (Å²) in [7, 11) is 0. The lowest BCUT2D eigenvalue weighted by Crippen LogP contribution is -2.42. The van der Waals surface area contributed by atoms with Crippen molar-refractivity contribution in [1.82, 2.24) is 4.90 Å². The summed E-state index contributed by atoms with van der Waals surface area (Å²) in [5.74, 6) is 0.756. The van der Waals surface area contributed by atoms with Crippen molar-refractivity contribution in [2.45, 2.75) is 46.6 Å². The molecule has 84 valence electrons. The van der Waals surface area contributed by atoms with E-state index in [1.807, 2.05) is 4.90 Å². The van der Waals surface area contributed by atoms with Gasteiger partial charge in [-0.1, -0.05) is 43.6 Å². The molecule has 0 aromatic carbocycles. The van der Waals surface area contributed by atoms with Crippen LogP contribution in [0.3, 0.4) is 0 Å². The van der Waals surface area contributed by atoms with Gasteiger partial charge in [0.1, 0.15) is 0 Å². The van der Waals surface area contributed by atoms with Gasteiger partial charge < -0.3 is 4.90 Å². The van der Waals surface area contributed by atoms with Crippen LogP contribution in [0.15, 0.2) is 0 Å². The van der Waals surface area contributed by atoms with E-state index in [4.69, 9.17) is 0 Å². The van der Waals surface area contributed by atoms with Gasteiger partial charge in [-0.15, -0.1) is 0 Å². The highest BCUT2D eigenvalue weighted by molar-refractivity contribution is 9.09. The van der Waals surface area contributed by atoms with Crippen LogP contribution < -0.4 is 0 Å². The normalized spacial score (nSPS) is 11.1. The third-order valence-electron chi connectivity index (χ3n) is 2.38. The minimum atomic E-state index is 0.215. The van der Waals surface area contributed by atoms with E-state index in [0.717, 1.165) is 19.4 Å². The van der Waals surface area contributed by atoms with Crippen LogP contribution in [0.2, 0.25) is 0 Å². The van der Waals surface area contributed by atoms with E-state index in [9.17, 15) is 4.79 Å². The number of nitrogens with zero attached hydrogens (tertiary/aromatic N) is 1. The summed E-state index contributed by atoms with van der Waals surface area (Å²) < 4.78 is 0. The second-order valence-corrected chi connectivity index (χ2v) is 4.60. The first-order valence-corrected chi connectivity index (χ1v) is 6.54. The predicted molar refractivity (Wildman–Crippen MR) is 64.7 cm³/mol. The molecule has 0 aromatic heterocycles. The molecule has 0 aliphatic carbocycles. The van der Waals surface area contributed by atoms with Crippen molar-refractivity contribution in [3.8, 4) is 0 Å². The summed E-state index contributed by atoms with van der Waals surface area (Å²) in [6, 6.07) is 0.405. The molecular weight excluding hydrogens is 242 g/mol. The molecule has 0 saturated carbocycles. The molecule has 0 aliphatic rings. The molecule has 0 spiro atoms. The van der Waals surface area contributed by atoms with Crippen LogP contribution in [0.5, 0.6) is 0 Å². The molecule has 0 aliphatic heterocycles. The van der Waals surface area contributed by atoms with E-state index in [0.29, 0.717) is 17.3 Å². The summed E-state index contributed by atoms with van der Waals surface area (Å²) in [5.41, 5.74) is 0. The number of hydrogen-bond acceptors (Lipinski definition) is 1. The lowest BCUT2D eigenvalue weighted by Gasteiger charge is -2.31. The van der Waals surface area contributed by atoms with Crippen LogP contribution in [0.1, 0.15) is 40.5 Å². The van der Waals surface area contributed by atoms with E-state index >= 15 is 0 Å². The van der Waals surface area contributed by atoms with E-state index in [1.54, 1.807) is 0 Å². The maximum Gasteiger partial charge on any atom is 0.233 e. The van der Waals surface area contributed by atoms with Gasteiger partial charge in [-0.2, -0.15) is 0 Å². The fraction of sp³-hybridized carbons (Fsp3) is 0.909. The number of alkyl halides is 1. The molecule has 0 N–H and O–H groups in total. The first kappa shape index (κ1) is 13.9. The first-order chi connectivity index (χ1) is 6.56. The van der Waals surface area contributed by atoms with Gasteiger partial charge in [0, 0.05) is 12.6 Å². The highest BCUT2D eigenvalue weighted by atomic mass is 79.9. The molecule has 0 rings (SSSR count). The largest absolute Gasteiger partial charge is 0.339 e. The molecule has 0 saturated heterocycles. The van der Waals surface area contributed by atoms with Crippen molar-refractivity contribution < 1.29 is 4.79 Å². The SMILES string of the molecule is CCC(CC)N(CC(C)C)C(=O)CBr. The number of amides is 1. The molecule has 2 nitrogen and oxygen atoms in total. The number of hydrogen-bond donors (Lipinski definition) is 0. The topological polar surface area (TPSA) is 20.3 Å². The van der Waals surface area contributed by atoms with E-state index in [1.165, 1.54) is 0 Å². The van der Waals surface area contributed by atoms with Crippen LogP contribution in [0.25, 0.3) is 0 Å². The summed E-state index contributed by atoms with van der Waals surface area (Å²) in [6.45, 7) is 9.45. The Labute approximate surface area is 96.2 Å². The maximum atomic E-state index is 11.7. The maximum absolute atomic E-state index is 11.7. The molecule has 0 fully saturated rings. The summed E-state index contributed by atoms with van der Waals surface area (Å²) in [4.78, 5) is 13.7. The number of halogens is 1. The van der Waals surface area contributed by atoms with Crippen molar-refractivity contribution in [1.29, 1.82) is 0 Å². The van der Waals surface area contributed by atoms with Crippen molar-refractivity contribution in [3.05, 3.63) is 0 Å². The minimum absolute atomic E-state index is 0.215. The second kappa shape index (κ2) is 7.27. The Balaban J connectivity index is 4.43. The fourth-order valence-corrected chi connectivity index (χ4v) is 1.98. The zero-order valence-electron chi connectivity index (χ0n) is 9.72. The van der Waals surface area contributed by atoms with Gasteiger partial charge in [-0.25, -0.2) is 0 Å². The van der Waals surface area contributed by atoms with E-state index < -0.39 is 0 Å². The highest BCUT2D eigenvalue weighted by Gasteiger charge is 2.20. The Morgan fingerprint density at radius 3 is 2.07 bits per heavy atom. The average molecular weight is 264 g/mol. The molecule has 1 amide bonds. The van der Waals surface area contributed by atoms with Crippen LogP contribution in [-0.4, -0.2) is 28.7 Å². The zero-order valence-corrected chi connectivity index (χ0v) is 11.3. The standard InChI is InChI=1S/C11H22BrNO/c1-5-10(6-2)13(8-9(3)4)11(14)7-12/h9-10H,5-8H2,1-4H3. The average Bonchev–Trinajstić information content (AvgIpc) is 2.16. The Hall–Kier alpha value is -0.0500. The van der Waals surface area contributed by atoms with Gasteiger partial charge in [-0.3, -0.25) is 4.79 Å². The van der Waals surface area contributed by atoms with Crippen molar-refractivity contribution in [2.24, 2.45) is 5.92 Å². The monoisotopic (exact) mass is 263 g/mol. The fourth-order valence-electron chi connectivity index (χ4n) is 1.65. The summed E-state index contributed by atoms with van der Waals surface area (Å²) in [6.07, 6.45) is 2.09. The lowest BCUT2D eigenvalue weighted by atomic mass is 10.1.